The Kier molecular flexibility index (Phi) is 5.01. The Morgan fingerprint density at radius 2 is 2.00 bits per heavy atom. The van der Waals surface area contributed by atoms with Gasteiger partial charge in [0.25, 0.3) is 5.91 Å². The zero-order valence-electron chi connectivity index (χ0n) is 14.7. The Labute approximate surface area is 152 Å². The van der Waals surface area contributed by atoms with Crippen LogP contribution in [0.3, 0.4) is 0 Å². The van der Waals surface area contributed by atoms with E-state index in [9.17, 15) is 4.79 Å². The molecule has 26 heavy (non-hydrogen) atoms. The van der Waals surface area contributed by atoms with E-state index in [1.54, 1.807) is 18.6 Å². The van der Waals surface area contributed by atoms with E-state index < -0.39 is 0 Å². The summed E-state index contributed by atoms with van der Waals surface area (Å²) in [6.45, 7) is 4.86. The lowest BCUT2D eigenvalue weighted by molar-refractivity contribution is 0.0928. The van der Waals surface area contributed by atoms with Gasteiger partial charge in [0, 0.05) is 44.5 Å². The summed E-state index contributed by atoms with van der Waals surface area (Å²) < 4.78 is 5.41. The summed E-state index contributed by atoms with van der Waals surface area (Å²) in [7, 11) is 0. The van der Waals surface area contributed by atoms with Crippen molar-refractivity contribution in [1.82, 2.24) is 20.3 Å². The van der Waals surface area contributed by atoms with Gasteiger partial charge in [-0.25, -0.2) is 9.97 Å². The normalized spacial score (nSPS) is 20.8. The highest BCUT2D eigenvalue weighted by molar-refractivity contribution is 5.92. The van der Waals surface area contributed by atoms with Gasteiger partial charge in [-0.3, -0.25) is 4.79 Å². The maximum absolute atomic E-state index is 12.3. The summed E-state index contributed by atoms with van der Waals surface area (Å²) >= 11 is 0. The standard InChI is InChI=1S/C18H24N6O2/c25-18(15-4-1-5-19-15)22-14-3-2-6-24(12-14)17-11-16(20-13-21-17)23-7-9-26-10-8-23/h1,4-5,11,13-14,19H,2-3,6-10,12H2,(H,22,25). The van der Waals surface area contributed by atoms with Crippen molar-refractivity contribution in [3.05, 3.63) is 36.4 Å². The van der Waals surface area contributed by atoms with E-state index in [-0.39, 0.29) is 11.9 Å². The second-order valence-electron chi connectivity index (χ2n) is 6.68. The number of ether oxygens (including phenoxy) is 1. The molecule has 0 saturated carbocycles. The molecule has 2 aromatic heterocycles. The maximum atomic E-state index is 12.3. The van der Waals surface area contributed by atoms with Gasteiger partial charge in [0.15, 0.2) is 0 Å². The van der Waals surface area contributed by atoms with E-state index in [2.05, 4.69) is 30.1 Å². The average Bonchev–Trinajstić information content (AvgIpc) is 3.24. The number of carbonyl (C=O) groups is 1. The number of piperidine rings is 1. The number of H-pyrrole nitrogens is 1. The van der Waals surface area contributed by atoms with E-state index in [4.69, 9.17) is 4.74 Å². The Morgan fingerprint density at radius 3 is 2.77 bits per heavy atom. The summed E-state index contributed by atoms with van der Waals surface area (Å²) in [6, 6.07) is 5.77. The number of morpholine rings is 1. The van der Waals surface area contributed by atoms with Crippen molar-refractivity contribution in [2.75, 3.05) is 49.2 Å². The predicted molar refractivity (Wildman–Crippen MR) is 98.6 cm³/mol. The van der Waals surface area contributed by atoms with Crippen LogP contribution in [0.15, 0.2) is 30.7 Å². The fraction of sp³-hybridized carbons (Fsp3) is 0.500. The van der Waals surface area contributed by atoms with Gasteiger partial charge < -0.3 is 24.8 Å². The SMILES string of the molecule is O=C(NC1CCCN(c2cc(N3CCOCC3)ncn2)C1)c1ccc[nH]1. The van der Waals surface area contributed by atoms with Crippen LogP contribution in [0.1, 0.15) is 23.3 Å². The minimum Gasteiger partial charge on any atom is -0.378 e. The lowest BCUT2D eigenvalue weighted by atomic mass is 10.1. The van der Waals surface area contributed by atoms with Crippen LogP contribution in [-0.2, 0) is 4.74 Å². The molecule has 8 heteroatoms. The lowest BCUT2D eigenvalue weighted by Gasteiger charge is -2.34. The molecular formula is C18H24N6O2. The molecule has 138 valence electrons. The molecule has 4 heterocycles. The topological polar surface area (TPSA) is 86.4 Å². The monoisotopic (exact) mass is 356 g/mol. The van der Waals surface area contributed by atoms with Gasteiger partial charge in [-0.1, -0.05) is 0 Å². The third kappa shape index (κ3) is 3.80. The van der Waals surface area contributed by atoms with Crippen molar-refractivity contribution >= 4 is 17.5 Å². The number of nitrogens with zero attached hydrogens (tertiary/aromatic N) is 4. The van der Waals surface area contributed by atoms with Gasteiger partial charge in [0.2, 0.25) is 0 Å². The van der Waals surface area contributed by atoms with E-state index in [1.165, 1.54) is 0 Å². The summed E-state index contributed by atoms with van der Waals surface area (Å²) in [5.74, 6) is 1.80. The van der Waals surface area contributed by atoms with Crippen LogP contribution in [0.5, 0.6) is 0 Å². The zero-order valence-corrected chi connectivity index (χ0v) is 14.7. The molecule has 0 aliphatic carbocycles. The predicted octanol–water partition coefficient (Wildman–Crippen LogP) is 1.04. The molecular weight excluding hydrogens is 332 g/mol. The van der Waals surface area contributed by atoms with Crippen molar-refractivity contribution in [3.8, 4) is 0 Å². The molecule has 2 aliphatic heterocycles. The Hall–Kier alpha value is -2.61. The number of anilines is 2. The second-order valence-corrected chi connectivity index (χ2v) is 6.68. The molecule has 2 N–H and O–H groups in total. The van der Waals surface area contributed by atoms with Gasteiger partial charge in [-0.05, 0) is 25.0 Å². The van der Waals surface area contributed by atoms with Crippen LogP contribution in [0.4, 0.5) is 11.6 Å². The largest absolute Gasteiger partial charge is 0.378 e. The highest BCUT2D eigenvalue weighted by atomic mass is 16.5. The molecule has 2 aliphatic rings. The van der Waals surface area contributed by atoms with Crippen molar-refractivity contribution in [3.63, 3.8) is 0 Å². The highest BCUT2D eigenvalue weighted by Gasteiger charge is 2.24. The first-order chi connectivity index (χ1) is 12.8. The number of nitrogens with one attached hydrogen (secondary N) is 2. The summed E-state index contributed by atoms with van der Waals surface area (Å²) in [4.78, 5) is 28.6. The molecule has 2 saturated heterocycles. The second kappa shape index (κ2) is 7.74. The van der Waals surface area contributed by atoms with Gasteiger partial charge >= 0.3 is 0 Å². The minimum atomic E-state index is -0.0569. The molecule has 4 rings (SSSR count). The molecule has 0 bridgehead atoms. The smallest absolute Gasteiger partial charge is 0.267 e. The number of hydrogen-bond acceptors (Lipinski definition) is 6. The number of aromatic nitrogens is 3. The Balaban J connectivity index is 1.41. The van der Waals surface area contributed by atoms with Crippen LogP contribution in [-0.4, -0.2) is 66.3 Å². The van der Waals surface area contributed by atoms with E-state index in [1.807, 2.05) is 12.1 Å². The molecule has 2 fully saturated rings. The first-order valence-electron chi connectivity index (χ1n) is 9.13. The van der Waals surface area contributed by atoms with Crippen LogP contribution in [0.2, 0.25) is 0 Å². The molecule has 1 atom stereocenters. The van der Waals surface area contributed by atoms with Gasteiger partial charge in [-0.15, -0.1) is 0 Å². The van der Waals surface area contributed by atoms with Gasteiger partial charge in [0.05, 0.1) is 13.2 Å². The highest BCUT2D eigenvalue weighted by Crippen LogP contribution is 2.22. The average molecular weight is 356 g/mol. The molecule has 0 spiro atoms. The molecule has 0 radical (unpaired) electrons. The lowest BCUT2D eigenvalue weighted by Crippen LogP contribution is -2.48. The molecule has 1 unspecified atom stereocenters. The minimum absolute atomic E-state index is 0.0569. The Morgan fingerprint density at radius 1 is 1.19 bits per heavy atom. The quantitative estimate of drug-likeness (QED) is 0.851. The van der Waals surface area contributed by atoms with Crippen molar-refractivity contribution < 1.29 is 9.53 Å². The van der Waals surface area contributed by atoms with E-state index in [0.717, 1.165) is 63.9 Å². The van der Waals surface area contributed by atoms with Crippen molar-refractivity contribution in [2.45, 2.75) is 18.9 Å². The fourth-order valence-electron chi connectivity index (χ4n) is 3.51. The van der Waals surface area contributed by atoms with Crippen LogP contribution in [0.25, 0.3) is 0 Å². The van der Waals surface area contributed by atoms with Gasteiger partial charge in [-0.2, -0.15) is 0 Å². The van der Waals surface area contributed by atoms with Gasteiger partial charge in [0.1, 0.15) is 23.7 Å². The third-order valence-corrected chi connectivity index (χ3v) is 4.90. The first-order valence-corrected chi connectivity index (χ1v) is 9.13. The maximum Gasteiger partial charge on any atom is 0.267 e. The van der Waals surface area contributed by atoms with Crippen LogP contribution in [0, 0.1) is 0 Å². The van der Waals surface area contributed by atoms with Crippen LogP contribution >= 0.6 is 0 Å². The van der Waals surface area contributed by atoms with E-state index in [0.29, 0.717) is 5.69 Å². The molecule has 0 aromatic carbocycles. The Bertz CT molecular complexity index is 729. The van der Waals surface area contributed by atoms with Crippen LogP contribution < -0.4 is 15.1 Å². The summed E-state index contributed by atoms with van der Waals surface area (Å²) in [5, 5.41) is 3.12. The zero-order chi connectivity index (χ0) is 17.8. The number of hydrogen-bond donors (Lipinski definition) is 2. The number of carbonyl (C=O) groups excluding carboxylic acids is 1. The first kappa shape index (κ1) is 16.8. The summed E-state index contributed by atoms with van der Waals surface area (Å²) in [5.41, 5.74) is 0.596. The van der Waals surface area contributed by atoms with Crippen molar-refractivity contribution in [2.24, 2.45) is 0 Å². The molecule has 8 nitrogen and oxygen atoms in total. The fourth-order valence-corrected chi connectivity index (χ4v) is 3.51. The third-order valence-electron chi connectivity index (χ3n) is 4.90. The number of rotatable bonds is 4. The number of aromatic amines is 1. The molecule has 2 aromatic rings. The molecule has 1 amide bonds. The van der Waals surface area contributed by atoms with E-state index >= 15 is 0 Å². The van der Waals surface area contributed by atoms with Crippen molar-refractivity contribution in [1.29, 1.82) is 0 Å². The number of amides is 1. The summed E-state index contributed by atoms with van der Waals surface area (Å²) in [6.07, 6.45) is 5.38.